The van der Waals surface area contributed by atoms with Crippen LogP contribution in [0.25, 0.3) is 20.4 Å². The van der Waals surface area contributed by atoms with E-state index in [1.54, 1.807) is 25.1 Å². The monoisotopic (exact) mass is 436 g/mol. The second kappa shape index (κ2) is 7.35. The number of aromatic nitrogens is 3. The van der Waals surface area contributed by atoms with E-state index in [4.69, 9.17) is 9.47 Å². The van der Waals surface area contributed by atoms with Crippen molar-refractivity contribution < 1.29 is 14.3 Å². The van der Waals surface area contributed by atoms with E-state index >= 15 is 0 Å². The average molecular weight is 436 g/mol. The number of aryl methyl sites for hydroxylation is 3. The van der Waals surface area contributed by atoms with E-state index in [0.717, 1.165) is 21.5 Å². The van der Waals surface area contributed by atoms with Crippen molar-refractivity contribution >= 4 is 43.4 Å². The molecule has 4 heterocycles. The molecule has 0 atom stereocenters. The van der Waals surface area contributed by atoms with Crippen LogP contribution in [0.5, 0.6) is 11.5 Å². The molecule has 0 saturated heterocycles. The number of rotatable bonds is 3. The number of thiophene rings is 1. The smallest absolute Gasteiger partial charge is 0.272 e. The normalized spacial score (nSPS) is 13.0. The lowest BCUT2D eigenvalue weighted by Crippen LogP contribution is -2.29. The minimum atomic E-state index is -0.325. The molecule has 158 valence electrons. The van der Waals surface area contributed by atoms with E-state index < -0.39 is 0 Å². The second-order valence-corrected chi connectivity index (χ2v) is 8.50. The SMILES string of the molecule is Cc1cc(C)c2c(n1)sc1c(=O)n(CC(=O)Nc3ccc4c(c3)OCCO4)c(C)nc12. The third-order valence-corrected chi connectivity index (χ3v) is 6.25. The van der Waals surface area contributed by atoms with Gasteiger partial charge >= 0.3 is 0 Å². The van der Waals surface area contributed by atoms with E-state index in [1.165, 1.54) is 15.9 Å². The fraction of sp³-hybridized carbons (Fsp3) is 0.273. The molecule has 0 fully saturated rings. The summed E-state index contributed by atoms with van der Waals surface area (Å²) >= 11 is 1.32. The zero-order chi connectivity index (χ0) is 21.7. The molecule has 0 spiro atoms. The van der Waals surface area contributed by atoms with Crippen molar-refractivity contribution in [3.63, 3.8) is 0 Å². The molecule has 0 bridgehead atoms. The van der Waals surface area contributed by atoms with E-state index in [2.05, 4.69) is 15.3 Å². The Kier molecular flexibility index (Phi) is 4.62. The number of hydrogen-bond acceptors (Lipinski definition) is 7. The highest BCUT2D eigenvalue weighted by Crippen LogP contribution is 2.33. The number of ether oxygens (including phenoxy) is 2. The van der Waals surface area contributed by atoms with Gasteiger partial charge in [0, 0.05) is 22.8 Å². The first-order valence-electron chi connectivity index (χ1n) is 9.88. The predicted molar refractivity (Wildman–Crippen MR) is 119 cm³/mol. The number of nitrogens with one attached hydrogen (secondary N) is 1. The van der Waals surface area contributed by atoms with E-state index in [9.17, 15) is 9.59 Å². The van der Waals surface area contributed by atoms with E-state index in [1.807, 2.05) is 19.9 Å². The molecule has 1 N–H and O–H groups in total. The summed E-state index contributed by atoms with van der Waals surface area (Å²) in [6.45, 7) is 6.49. The van der Waals surface area contributed by atoms with Gasteiger partial charge in [-0.25, -0.2) is 9.97 Å². The Morgan fingerprint density at radius 2 is 1.90 bits per heavy atom. The molecular weight excluding hydrogens is 416 g/mol. The number of pyridine rings is 1. The van der Waals surface area contributed by atoms with Crippen molar-refractivity contribution in [2.24, 2.45) is 0 Å². The number of carbonyl (C=O) groups is 1. The molecule has 0 saturated carbocycles. The standard InChI is InChI=1S/C22H20N4O4S/c1-11-8-12(2)23-21-18(11)19-20(31-21)22(28)26(13(3)24-19)10-17(27)25-14-4-5-15-16(9-14)30-7-6-29-15/h4-5,8-9H,6-7,10H2,1-3H3,(H,25,27). The Morgan fingerprint density at radius 1 is 1.13 bits per heavy atom. The van der Waals surface area contributed by atoms with Gasteiger partial charge in [0.25, 0.3) is 5.56 Å². The number of carbonyl (C=O) groups excluding carboxylic acids is 1. The van der Waals surface area contributed by atoms with Crippen molar-refractivity contribution in [2.75, 3.05) is 18.5 Å². The summed E-state index contributed by atoms with van der Waals surface area (Å²) in [5.41, 5.74) is 2.92. The summed E-state index contributed by atoms with van der Waals surface area (Å²) < 4.78 is 13.0. The molecule has 31 heavy (non-hydrogen) atoms. The van der Waals surface area contributed by atoms with Gasteiger partial charge in [0.05, 0.1) is 5.52 Å². The molecule has 1 aromatic carbocycles. The van der Waals surface area contributed by atoms with Crippen molar-refractivity contribution in [1.29, 1.82) is 0 Å². The van der Waals surface area contributed by atoms with Gasteiger partial charge in [0.2, 0.25) is 5.91 Å². The maximum Gasteiger partial charge on any atom is 0.272 e. The number of amides is 1. The Balaban J connectivity index is 1.47. The maximum absolute atomic E-state index is 13.2. The fourth-order valence-electron chi connectivity index (χ4n) is 3.82. The highest BCUT2D eigenvalue weighted by molar-refractivity contribution is 7.25. The number of anilines is 1. The summed E-state index contributed by atoms with van der Waals surface area (Å²) in [7, 11) is 0. The molecule has 0 radical (unpaired) electrons. The molecule has 1 amide bonds. The minimum absolute atomic E-state index is 0.137. The number of hydrogen-bond donors (Lipinski definition) is 1. The van der Waals surface area contributed by atoms with Crippen LogP contribution >= 0.6 is 11.3 Å². The molecule has 3 aromatic heterocycles. The summed E-state index contributed by atoms with van der Waals surface area (Å²) in [6, 6.07) is 7.19. The lowest BCUT2D eigenvalue weighted by Gasteiger charge is -2.19. The fourth-order valence-corrected chi connectivity index (χ4v) is 5.00. The molecule has 5 rings (SSSR count). The van der Waals surface area contributed by atoms with Crippen LogP contribution in [0.15, 0.2) is 29.1 Å². The maximum atomic E-state index is 13.2. The van der Waals surface area contributed by atoms with Crippen molar-refractivity contribution in [1.82, 2.24) is 14.5 Å². The van der Waals surface area contributed by atoms with Crippen molar-refractivity contribution in [2.45, 2.75) is 27.3 Å². The first kappa shape index (κ1) is 19.5. The van der Waals surface area contributed by atoms with Gasteiger partial charge in [0.1, 0.15) is 35.1 Å². The molecule has 0 unspecified atom stereocenters. The van der Waals surface area contributed by atoms with E-state index in [-0.39, 0.29) is 18.0 Å². The minimum Gasteiger partial charge on any atom is -0.486 e. The van der Waals surface area contributed by atoms with Crippen molar-refractivity contribution in [3.8, 4) is 11.5 Å². The summed E-state index contributed by atoms with van der Waals surface area (Å²) in [5, 5.41) is 3.72. The second-order valence-electron chi connectivity index (χ2n) is 7.50. The average Bonchev–Trinajstić information content (AvgIpc) is 3.09. The quantitative estimate of drug-likeness (QED) is 0.529. The van der Waals surface area contributed by atoms with Crippen molar-refractivity contribution in [3.05, 3.63) is 51.7 Å². The van der Waals surface area contributed by atoms with Crippen LogP contribution in [0.3, 0.4) is 0 Å². The van der Waals surface area contributed by atoms with Gasteiger partial charge in [-0.2, -0.15) is 0 Å². The number of benzene rings is 1. The number of fused-ring (bicyclic) bond motifs is 4. The molecule has 8 nitrogen and oxygen atoms in total. The highest BCUT2D eigenvalue weighted by atomic mass is 32.1. The van der Waals surface area contributed by atoms with Crippen LogP contribution in [0.1, 0.15) is 17.1 Å². The van der Waals surface area contributed by atoms with Gasteiger partial charge in [-0.05, 0) is 44.5 Å². The Morgan fingerprint density at radius 3 is 2.71 bits per heavy atom. The summed E-state index contributed by atoms with van der Waals surface area (Å²) in [4.78, 5) is 35.9. The van der Waals surface area contributed by atoms with Crippen LogP contribution in [0, 0.1) is 20.8 Å². The predicted octanol–water partition coefficient (Wildman–Crippen LogP) is 3.34. The molecule has 9 heteroatoms. The third-order valence-electron chi connectivity index (χ3n) is 5.19. The van der Waals surface area contributed by atoms with Crippen LogP contribution in [0.2, 0.25) is 0 Å². The van der Waals surface area contributed by atoms with E-state index in [0.29, 0.717) is 46.4 Å². The Hall–Kier alpha value is -3.46. The Bertz CT molecular complexity index is 1420. The van der Waals surface area contributed by atoms with Gasteiger partial charge < -0.3 is 14.8 Å². The molecule has 0 aliphatic carbocycles. The van der Waals surface area contributed by atoms with Gasteiger partial charge in [-0.1, -0.05) is 0 Å². The topological polar surface area (TPSA) is 95.3 Å². The van der Waals surface area contributed by atoms with Gasteiger partial charge in [-0.3, -0.25) is 14.2 Å². The third kappa shape index (κ3) is 3.40. The summed E-state index contributed by atoms with van der Waals surface area (Å²) in [6.07, 6.45) is 0. The van der Waals surface area contributed by atoms with Crippen LogP contribution in [-0.2, 0) is 11.3 Å². The molecular formula is C22H20N4O4S. The molecule has 1 aliphatic heterocycles. The first-order valence-corrected chi connectivity index (χ1v) is 10.7. The van der Waals surface area contributed by atoms with Gasteiger partial charge in [0.15, 0.2) is 11.5 Å². The Labute approximate surface area is 181 Å². The first-order chi connectivity index (χ1) is 14.9. The lowest BCUT2D eigenvalue weighted by atomic mass is 10.1. The number of nitrogens with zero attached hydrogens (tertiary/aromatic N) is 3. The lowest BCUT2D eigenvalue weighted by molar-refractivity contribution is -0.116. The highest BCUT2D eigenvalue weighted by Gasteiger charge is 2.19. The zero-order valence-electron chi connectivity index (χ0n) is 17.3. The largest absolute Gasteiger partial charge is 0.486 e. The van der Waals surface area contributed by atoms with Crippen LogP contribution in [0.4, 0.5) is 5.69 Å². The molecule has 4 aromatic rings. The van der Waals surface area contributed by atoms with Crippen LogP contribution in [-0.4, -0.2) is 33.7 Å². The zero-order valence-corrected chi connectivity index (χ0v) is 18.1. The van der Waals surface area contributed by atoms with Gasteiger partial charge in [-0.15, -0.1) is 11.3 Å². The summed E-state index contributed by atoms with van der Waals surface area (Å²) in [5.74, 6) is 1.39. The molecule has 1 aliphatic rings. The van der Waals surface area contributed by atoms with Crippen LogP contribution < -0.4 is 20.3 Å².